The van der Waals surface area contributed by atoms with Gasteiger partial charge in [-0.05, 0) is 66.3 Å². The van der Waals surface area contributed by atoms with Crippen molar-refractivity contribution in [3.05, 3.63) is 48.0 Å². The SMILES string of the molecule is CCCOc1ccc(-c2ccc(O)cc2CCC[Si](Cl)(Cl)Cl)cc1. The zero-order valence-corrected chi connectivity index (χ0v) is 16.8. The Kier molecular flexibility index (Phi) is 7.29. The predicted octanol–water partition coefficient (Wildman–Crippen LogP) is 6.44. The van der Waals surface area contributed by atoms with Crippen LogP contribution in [0.1, 0.15) is 25.3 Å². The van der Waals surface area contributed by atoms with Gasteiger partial charge in [0.2, 0.25) is 0 Å². The van der Waals surface area contributed by atoms with Crippen LogP contribution in [0.4, 0.5) is 0 Å². The minimum absolute atomic E-state index is 0.253. The van der Waals surface area contributed by atoms with E-state index in [2.05, 4.69) is 6.92 Å². The summed E-state index contributed by atoms with van der Waals surface area (Å²) in [6.07, 6.45) is 2.53. The van der Waals surface area contributed by atoms with Crippen LogP contribution < -0.4 is 4.74 Å². The van der Waals surface area contributed by atoms with Gasteiger partial charge < -0.3 is 9.84 Å². The molecule has 2 nitrogen and oxygen atoms in total. The van der Waals surface area contributed by atoms with E-state index in [9.17, 15) is 5.11 Å². The molecule has 0 fully saturated rings. The van der Waals surface area contributed by atoms with E-state index in [1.54, 1.807) is 12.1 Å². The van der Waals surface area contributed by atoms with Crippen LogP contribution in [0.15, 0.2) is 42.5 Å². The van der Waals surface area contributed by atoms with Crippen LogP contribution in [-0.4, -0.2) is 17.7 Å². The number of phenols is 1. The van der Waals surface area contributed by atoms with Gasteiger partial charge in [0.25, 0.3) is 0 Å². The second-order valence-corrected chi connectivity index (χ2v) is 15.0. The molecule has 2 aromatic carbocycles. The number of hydrogen-bond donors (Lipinski definition) is 1. The molecule has 0 spiro atoms. The van der Waals surface area contributed by atoms with E-state index in [-0.39, 0.29) is 5.75 Å². The average Bonchev–Trinajstić information content (AvgIpc) is 2.52. The lowest BCUT2D eigenvalue weighted by Gasteiger charge is -2.13. The summed E-state index contributed by atoms with van der Waals surface area (Å²) in [4.78, 5) is 0. The van der Waals surface area contributed by atoms with Gasteiger partial charge in [0, 0.05) is 0 Å². The molecule has 0 bridgehead atoms. The van der Waals surface area contributed by atoms with Gasteiger partial charge in [-0.1, -0.05) is 25.1 Å². The normalized spacial score (nSPS) is 11.5. The van der Waals surface area contributed by atoms with E-state index in [0.29, 0.717) is 12.7 Å². The fourth-order valence-corrected chi connectivity index (χ4v) is 4.28. The van der Waals surface area contributed by atoms with E-state index in [0.717, 1.165) is 41.7 Å². The number of hydrogen-bond acceptors (Lipinski definition) is 2. The second kappa shape index (κ2) is 9.00. The molecular weight excluding hydrogens is 383 g/mol. The fraction of sp³-hybridized carbons (Fsp3) is 0.333. The third-order valence-corrected chi connectivity index (χ3v) is 6.25. The summed E-state index contributed by atoms with van der Waals surface area (Å²) in [5.74, 6) is 1.12. The van der Waals surface area contributed by atoms with Crippen molar-refractivity contribution in [2.24, 2.45) is 0 Å². The van der Waals surface area contributed by atoms with Gasteiger partial charge in [-0.2, -0.15) is 0 Å². The first-order valence-corrected chi connectivity index (χ1v) is 13.2. The highest BCUT2D eigenvalue weighted by Gasteiger charge is 2.24. The lowest BCUT2D eigenvalue weighted by Crippen LogP contribution is -2.08. The van der Waals surface area contributed by atoms with Crippen LogP contribution in [0.25, 0.3) is 11.1 Å². The number of aryl methyl sites for hydroxylation is 1. The van der Waals surface area contributed by atoms with Crippen molar-refractivity contribution in [2.45, 2.75) is 32.2 Å². The van der Waals surface area contributed by atoms with Gasteiger partial charge >= 0.3 is 6.00 Å². The molecule has 0 amide bonds. The molecule has 1 N–H and O–H groups in total. The Hall–Kier alpha value is -0.873. The maximum absolute atomic E-state index is 9.80. The molecule has 0 saturated carbocycles. The van der Waals surface area contributed by atoms with Gasteiger partial charge in [0.15, 0.2) is 0 Å². The molecule has 0 atom stereocenters. The standard InChI is InChI=1S/C18H21Cl3O2Si/c1-2-11-23-17-8-5-14(6-9-17)18-10-7-16(22)13-15(18)4-3-12-24(19,20)21/h5-10,13,22H,2-4,11-12H2,1H3. The predicted molar refractivity (Wildman–Crippen MR) is 106 cm³/mol. The number of benzene rings is 2. The summed E-state index contributed by atoms with van der Waals surface area (Å²) in [6, 6.07) is 11.4. The van der Waals surface area contributed by atoms with Crippen molar-refractivity contribution in [1.29, 1.82) is 0 Å². The summed E-state index contributed by atoms with van der Waals surface area (Å²) >= 11 is 17.9. The Bertz CT molecular complexity index is 654. The molecule has 130 valence electrons. The van der Waals surface area contributed by atoms with E-state index < -0.39 is 6.00 Å². The van der Waals surface area contributed by atoms with E-state index in [1.807, 2.05) is 30.3 Å². The quantitative estimate of drug-likeness (QED) is 0.406. The van der Waals surface area contributed by atoms with E-state index in [1.165, 1.54) is 0 Å². The van der Waals surface area contributed by atoms with Crippen molar-refractivity contribution >= 4 is 39.2 Å². The summed E-state index contributed by atoms with van der Waals surface area (Å²) in [5, 5.41) is 9.80. The molecule has 0 radical (unpaired) electrons. The average molecular weight is 404 g/mol. The lowest BCUT2D eigenvalue weighted by molar-refractivity contribution is 0.317. The first-order chi connectivity index (χ1) is 11.4. The molecule has 0 heterocycles. The summed E-state index contributed by atoms with van der Waals surface area (Å²) in [5.41, 5.74) is 3.22. The van der Waals surface area contributed by atoms with Crippen LogP contribution in [0.5, 0.6) is 11.5 Å². The maximum Gasteiger partial charge on any atom is 0.341 e. The molecule has 2 aromatic rings. The Labute approximate surface area is 158 Å². The minimum Gasteiger partial charge on any atom is -0.508 e. The minimum atomic E-state index is -2.60. The Balaban J connectivity index is 2.16. The fourth-order valence-electron chi connectivity index (χ4n) is 2.50. The summed E-state index contributed by atoms with van der Waals surface area (Å²) in [7, 11) is 0. The van der Waals surface area contributed by atoms with Gasteiger partial charge in [-0.15, -0.1) is 33.2 Å². The van der Waals surface area contributed by atoms with Gasteiger partial charge in [0.1, 0.15) is 11.5 Å². The number of aromatic hydroxyl groups is 1. The zero-order valence-electron chi connectivity index (χ0n) is 13.6. The third kappa shape index (κ3) is 6.21. The molecule has 0 aliphatic heterocycles. The largest absolute Gasteiger partial charge is 0.508 e. The first-order valence-electron chi connectivity index (χ1n) is 8.01. The first kappa shape index (κ1) is 19.5. The van der Waals surface area contributed by atoms with Crippen molar-refractivity contribution in [2.75, 3.05) is 6.61 Å². The van der Waals surface area contributed by atoms with Gasteiger partial charge in [-0.3, -0.25) is 0 Å². The number of ether oxygens (including phenoxy) is 1. The summed E-state index contributed by atoms with van der Waals surface area (Å²) < 4.78 is 5.62. The molecule has 0 aliphatic carbocycles. The third-order valence-electron chi connectivity index (χ3n) is 3.63. The molecular formula is C18H21Cl3O2Si. The van der Waals surface area contributed by atoms with Gasteiger partial charge in [0.05, 0.1) is 6.61 Å². The molecule has 0 aromatic heterocycles. The monoisotopic (exact) mass is 402 g/mol. The summed E-state index contributed by atoms with van der Waals surface area (Å²) in [6.45, 7) is 2.79. The highest BCUT2D eigenvalue weighted by atomic mass is 35.8. The molecule has 0 aliphatic rings. The second-order valence-electron chi connectivity index (χ2n) is 5.68. The molecule has 6 heteroatoms. The number of halogens is 3. The van der Waals surface area contributed by atoms with Crippen molar-refractivity contribution in [1.82, 2.24) is 0 Å². The highest BCUT2D eigenvalue weighted by molar-refractivity contribution is 7.64. The Morgan fingerprint density at radius 2 is 1.75 bits per heavy atom. The smallest absolute Gasteiger partial charge is 0.341 e. The molecule has 0 unspecified atom stereocenters. The molecule has 0 saturated heterocycles. The Morgan fingerprint density at radius 1 is 1.04 bits per heavy atom. The molecule has 24 heavy (non-hydrogen) atoms. The van der Waals surface area contributed by atoms with Crippen LogP contribution >= 0.6 is 33.2 Å². The molecule has 2 rings (SSSR count). The number of phenolic OH excluding ortho intramolecular Hbond substituents is 1. The van der Waals surface area contributed by atoms with Crippen LogP contribution in [-0.2, 0) is 6.42 Å². The van der Waals surface area contributed by atoms with Crippen LogP contribution in [0, 0.1) is 0 Å². The van der Waals surface area contributed by atoms with Crippen molar-refractivity contribution in [3.63, 3.8) is 0 Å². The number of rotatable bonds is 8. The lowest BCUT2D eigenvalue weighted by atomic mass is 9.96. The Morgan fingerprint density at radius 3 is 2.38 bits per heavy atom. The highest BCUT2D eigenvalue weighted by Crippen LogP contribution is 2.32. The van der Waals surface area contributed by atoms with Crippen molar-refractivity contribution in [3.8, 4) is 22.6 Å². The van der Waals surface area contributed by atoms with Crippen LogP contribution in [0.3, 0.4) is 0 Å². The topological polar surface area (TPSA) is 29.5 Å². The zero-order chi connectivity index (χ0) is 17.6. The van der Waals surface area contributed by atoms with Gasteiger partial charge in [-0.25, -0.2) is 0 Å². The van der Waals surface area contributed by atoms with E-state index in [4.69, 9.17) is 38.0 Å². The van der Waals surface area contributed by atoms with E-state index >= 15 is 0 Å². The maximum atomic E-state index is 9.80. The van der Waals surface area contributed by atoms with Crippen LogP contribution in [0.2, 0.25) is 6.04 Å². The van der Waals surface area contributed by atoms with Crippen molar-refractivity contribution < 1.29 is 9.84 Å².